The highest BCUT2D eigenvalue weighted by Crippen LogP contribution is 2.33. The average molecular weight is 285 g/mol. The molecule has 0 unspecified atom stereocenters. The first kappa shape index (κ1) is 15.6. The number of benzene rings is 1. The fourth-order valence-corrected chi connectivity index (χ4v) is 2.24. The van der Waals surface area contributed by atoms with Gasteiger partial charge in [-0.2, -0.15) is 0 Å². The van der Waals surface area contributed by atoms with Crippen LogP contribution in [0.15, 0.2) is 12.1 Å². The first-order valence-electron chi connectivity index (χ1n) is 6.45. The molecule has 106 valence electrons. The van der Waals surface area contributed by atoms with E-state index < -0.39 is 5.97 Å². The second-order valence-corrected chi connectivity index (χ2v) is 4.93. The molecule has 0 spiro atoms. The number of ether oxygens (including phenoxy) is 1. The largest absolute Gasteiger partial charge is 0.459 e. The molecule has 19 heavy (non-hydrogen) atoms. The van der Waals surface area contributed by atoms with Gasteiger partial charge >= 0.3 is 5.97 Å². The van der Waals surface area contributed by atoms with Gasteiger partial charge in [-0.05, 0) is 39.8 Å². The van der Waals surface area contributed by atoms with Crippen molar-refractivity contribution in [3.05, 3.63) is 22.7 Å². The minimum Gasteiger partial charge on any atom is -0.459 e. The quantitative estimate of drug-likeness (QED) is 0.665. The van der Waals surface area contributed by atoms with Gasteiger partial charge in [0, 0.05) is 13.1 Å². The summed E-state index contributed by atoms with van der Waals surface area (Å²) < 4.78 is 5.13. The maximum absolute atomic E-state index is 11.8. The molecule has 0 aromatic heterocycles. The monoisotopic (exact) mass is 284 g/mol. The van der Waals surface area contributed by atoms with E-state index in [-0.39, 0.29) is 6.10 Å². The Morgan fingerprint density at radius 3 is 2.37 bits per heavy atom. The highest BCUT2D eigenvalue weighted by atomic mass is 35.5. The van der Waals surface area contributed by atoms with Crippen molar-refractivity contribution >= 4 is 28.9 Å². The fraction of sp³-hybridized carbons (Fsp3) is 0.500. The standard InChI is InChI=1S/C14H21ClN2O2/c1-5-17(6-2)13-11(15)7-10(8-12(13)16)14(18)19-9(3)4/h7-9H,5-6,16H2,1-4H3. The van der Waals surface area contributed by atoms with Crippen molar-refractivity contribution < 1.29 is 9.53 Å². The van der Waals surface area contributed by atoms with Crippen LogP contribution in [0.2, 0.25) is 5.02 Å². The SMILES string of the molecule is CCN(CC)c1c(N)cc(C(=O)OC(C)C)cc1Cl. The van der Waals surface area contributed by atoms with Crippen LogP contribution in [-0.4, -0.2) is 25.2 Å². The molecule has 0 heterocycles. The van der Waals surface area contributed by atoms with Gasteiger partial charge in [-0.15, -0.1) is 0 Å². The Morgan fingerprint density at radius 1 is 1.37 bits per heavy atom. The molecule has 0 atom stereocenters. The van der Waals surface area contributed by atoms with Crippen molar-refractivity contribution in [1.82, 2.24) is 0 Å². The first-order valence-corrected chi connectivity index (χ1v) is 6.83. The van der Waals surface area contributed by atoms with E-state index in [1.54, 1.807) is 26.0 Å². The molecular weight excluding hydrogens is 264 g/mol. The summed E-state index contributed by atoms with van der Waals surface area (Å²) in [6.07, 6.45) is -0.171. The molecule has 4 nitrogen and oxygen atoms in total. The summed E-state index contributed by atoms with van der Waals surface area (Å²) in [6.45, 7) is 9.26. The van der Waals surface area contributed by atoms with Gasteiger partial charge in [-0.1, -0.05) is 11.6 Å². The van der Waals surface area contributed by atoms with Gasteiger partial charge in [0.25, 0.3) is 0 Å². The summed E-state index contributed by atoms with van der Waals surface area (Å²) in [6, 6.07) is 3.22. The Balaban J connectivity index is 3.13. The number of hydrogen-bond acceptors (Lipinski definition) is 4. The average Bonchev–Trinajstić information content (AvgIpc) is 2.32. The molecule has 1 aromatic rings. The number of nitrogen functional groups attached to an aromatic ring is 1. The molecule has 0 aliphatic carbocycles. The third-order valence-electron chi connectivity index (χ3n) is 2.75. The van der Waals surface area contributed by atoms with Gasteiger partial charge in [-0.3, -0.25) is 0 Å². The number of nitrogens with two attached hydrogens (primary N) is 1. The summed E-state index contributed by atoms with van der Waals surface area (Å²) in [5, 5.41) is 0.472. The van der Waals surface area contributed by atoms with Gasteiger partial charge in [0.15, 0.2) is 0 Å². The Morgan fingerprint density at radius 2 is 1.95 bits per heavy atom. The van der Waals surface area contributed by atoms with Gasteiger partial charge in [0.2, 0.25) is 0 Å². The minimum atomic E-state index is -0.408. The molecule has 0 bridgehead atoms. The van der Waals surface area contributed by atoms with Crippen LogP contribution in [0.1, 0.15) is 38.1 Å². The summed E-state index contributed by atoms with van der Waals surface area (Å²) in [5.41, 5.74) is 7.65. The van der Waals surface area contributed by atoms with Crippen LogP contribution < -0.4 is 10.6 Å². The van der Waals surface area contributed by atoms with Crippen LogP contribution in [0.5, 0.6) is 0 Å². The molecule has 0 saturated carbocycles. The van der Waals surface area contributed by atoms with E-state index in [0.717, 1.165) is 18.8 Å². The number of esters is 1. The molecule has 0 fully saturated rings. The summed E-state index contributed by atoms with van der Waals surface area (Å²) in [5.74, 6) is -0.408. The summed E-state index contributed by atoms with van der Waals surface area (Å²) >= 11 is 6.24. The van der Waals surface area contributed by atoms with Crippen molar-refractivity contribution in [2.75, 3.05) is 23.7 Å². The number of carbonyl (C=O) groups excluding carboxylic acids is 1. The number of carbonyl (C=O) groups is 1. The van der Waals surface area contributed by atoms with Gasteiger partial charge in [-0.25, -0.2) is 4.79 Å². The van der Waals surface area contributed by atoms with Crippen molar-refractivity contribution in [3.63, 3.8) is 0 Å². The van der Waals surface area contributed by atoms with Crippen LogP contribution in [-0.2, 0) is 4.74 Å². The van der Waals surface area contributed by atoms with Crippen molar-refractivity contribution in [2.24, 2.45) is 0 Å². The van der Waals surface area contributed by atoms with Crippen molar-refractivity contribution in [1.29, 1.82) is 0 Å². The zero-order chi connectivity index (χ0) is 14.6. The Kier molecular flexibility index (Phi) is 5.48. The van der Waals surface area contributed by atoms with E-state index in [2.05, 4.69) is 4.90 Å². The lowest BCUT2D eigenvalue weighted by atomic mass is 10.1. The van der Waals surface area contributed by atoms with Gasteiger partial charge < -0.3 is 15.4 Å². The minimum absolute atomic E-state index is 0.171. The molecule has 0 aliphatic heterocycles. The maximum Gasteiger partial charge on any atom is 0.338 e. The molecule has 0 radical (unpaired) electrons. The second-order valence-electron chi connectivity index (χ2n) is 4.52. The number of nitrogens with zero attached hydrogens (tertiary/aromatic N) is 1. The maximum atomic E-state index is 11.8. The summed E-state index contributed by atoms with van der Waals surface area (Å²) in [4.78, 5) is 13.9. The predicted molar refractivity (Wildman–Crippen MR) is 80.0 cm³/mol. The molecular formula is C14H21ClN2O2. The van der Waals surface area contributed by atoms with Crippen LogP contribution in [0, 0.1) is 0 Å². The van der Waals surface area contributed by atoms with E-state index in [1.165, 1.54) is 0 Å². The predicted octanol–water partition coefficient (Wildman–Crippen LogP) is 3.33. The first-order chi connectivity index (χ1) is 8.90. The molecule has 5 heteroatoms. The third-order valence-corrected chi connectivity index (χ3v) is 3.04. The zero-order valence-corrected chi connectivity index (χ0v) is 12.6. The van der Waals surface area contributed by atoms with Gasteiger partial charge in [0.05, 0.1) is 28.1 Å². The number of rotatable bonds is 5. The topological polar surface area (TPSA) is 55.6 Å². The van der Waals surface area contributed by atoms with E-state index in [4.69, 9.17) is 22.1 Å². The van der Waals surface area contributed by atoms with E-state index in [0.29, 0.717) is 16.3 Å². The fourth-order valence-electron chi connectivity index (χ4n) is 1.89. The van der Waals surface area contributed by atoms with Crippen molar-refractivity contribution in [2.45, 2.75) is 33.8 Å². The normalized spacial score (nSPS) is 10.6. The molecule has 0 aliphatic rings. The number of hydrogen-bond donors (Lipinski definition) is 1. The number of halogens is 1. The highest BCUT2D eigenvalue weighted by Gasteiger charge is 2.17. The highest BCUT2D eigenvalue weighted by molar-refractivity contribution is 6.34. The Bertz CT molecular complexity index is 434. The van der Waals surface area contributed by atoms with Crippen LogP contribution in [0.3, 0.4) is 0 Å². The molecule has 2 N–H and O–H groups in total. The Labute approximate surface area is 119 Å². The van der Waals surface area contributed by atoms with Crippen LogP contribution in [0.25, 0.3) is 0 Å². The molecule has 1 rings (SSSR count). The molecule has 1 aromatic carbocycles. The third kappa shape index (κ3) is 3.77. The lowest BCUT2D eigenvalue weighted by molar-refractivity contribution is 0.0378. The lowest BCUT2D eigenvalue weighted by Crippen LogP contribution is -2.23. The van der Waals surface area contributed by atoms with Gasteiger partial charge in [0.1, 0.15) is 0 Å². The van der Waals surface area contributed by atoms with E-state index >= 15 is 0 Å². The Hall–Kier alpha value is -1.42. The van der Waals surface area contributed by atoms with Crippen molar-refractivity contribution in [3.8, 4) is 0 Å². The van der Waals surface area contributed by atoms with E-state index in [1.807, 2.05) is 13.8 Å². The number of anilines is 2. The zero-order valence-electron chi connectivity index (χ0n) is 11.9. The molecule has 0 amide bonds. The molecule has 0 saturated heterocycles. The van der Waals surface area contributed by atoms with Crippen LogP contribution in [0.4, 0.5) is 11.4 Å². The summed E-state index contributed by atoms with van der Waals surface area (Å²) in [7, 11) is 0. The van der Waals surface area contributed by atoms with E-state index in [9.17, 15) is 4.79 Å². The van der Waals surface area contributed by atoms with Crippen LogP contribution >= 0.6 is 11.6 Å². The smallest absolute Gasteiger partial charge is 0.338 e. The second kappa shape index (κ2) is 6.66. The lowest BCUT2D eigenvalue weighted by Gasteiger charge is -2.24.